The number of furan rings is 1. The van der Waals surface area contributed by atoms with Gasteiger partial charge < -0.3 is 14.5 Å². The lowest BCUT2D eigenvalue weighted by Gasteiger charge is -2.25. The first kappa shape index (κ1) is 16.5. The zero-order valence-electron chi connectivity index (χ0n) is 14.5. The number of hydrogen-bond donors (Lipinski definition) is 1. The van der Waals surface area contributed by atoms with E-state index in [0.717, 1.165) is 60.5 Å². The number of ether oxygens (including phenoxy) is 1. The quantitative estimate of drug-likeness (QED) is 0.755. The van der Waals surface area contributed by atoms with Gasteiger partial charge in [-0.3, -0.25) is 4.90 Å². The second-order valence-corrected chi connectivity index (χ2v) is 7.48. The molecule has 0 aromatic carbocycles. The van der Waals surface area contributed by atoms with Crippen molar-refractivity contribution in [1.82, 2.24) is 14.9 Å². The van der Waals surface area contributed by atoms with Crippen LogP contribution in [0.2, 0.25) is 0 Å². The first-order valence-corrected chi connectivity index (χ1v) is 9.35. The minimum atomic E-state index is 0.616. The fraction of sp³-hybridized carbons (Fsp3) is 0.444. The number of aryl methyl sites for hydroxylation is 2. The van der Waals surface area contributed by atoms with Crippen LogP contribution >= 0.6 is 11.3 Å². The number of thiophene rings is 1. The van der Waals surface area contributed by atoms with Gasteiger partial charge in [-0.15, -0.1) is 11.3 Å². The Hall–Kier alpha value is -1.96. The zero-order valence-corrected chi connectivity index (χ0v) is 15.4. The fourth-order valence-corrected chi connectivity index (χ4v) is 4.08. The van der Waals surface area contributed by atoms with E-state index in [2.05, 4.69) is 24.1 Å². The zero-order chi connectivity index (χ0) is 17.2. The predicted molar refractivity (Wildman–Crippen MR) is 99.0 cm³/mol. The number of nitrogens with zero attached hydrogens (tertiary/aromatic N) is 3. The molecule has 0 aliphatic carbocycles. The first-order valence-electron chi connectivity index (χ1n) is 8.53. The Morgan fingerprint density at radius 2 is 2.08 bits per heavy atom. The van der Waals surface area contributed by atoms with E-state index in [4.69, 9.17) is 19.1 Å². The van der Waals surface area contributed by atoms with E-state index in [9.17, 15) is 0 Å². The van der Waals surface area contributed by atoms with Crippen LogP contribution in [-0.4, -0.2) is 41.2 Å². The van der Waals surface area contributed by atoms with Gasteiger partial charge in [0.15, 0.2) is 0 Å². The number of rotatable bonds is 5. The van der Waals surface area contributed by atoms with Crippen molar-refractivity contribution in [1.29, 1.82) is 0 Å². The second-order valence-electron chi connectivity index (χ2n) is 6.27. The van der Waals surface area contributed by atoms with Gasteiger partial charge in [0.05, 0.1) is 38.0 Å². The van der Waals surface area contributed by atoms with Gasteiger partial charge in [0.1, 0.15) is 22.2 Å². The van der Waals surface area contributed by atoms with Crippen LogP contribution in [0.3, 0.4) is 0 Å². The molecular formula is C18H22N4O2S. The summed E-state index contributed by atoms with van der Waals surface area (Å²) in [6.07, 6.45) is 1.69. The molecule has 0 atom stereocenters. The van der Waals surface area contributed by atoms with Crippen LogP contribution in [0.15, 0.2) is 22.8 Å². The number of nitrogens with one attached hydrogen (secondary N) is 1. The predicted octanol–water partition coefficient (Wildman–Crippen LogP) is 3.35. The van der Waals surface area contributed by atoms with Crippen LogP contribution in [0.4, 0.5) is 5.82 Å². The molecule has 3 aromatic heterocycles. The molecule has 1 N–H and O–H groups in total. The minimum absolute atomic E-state index is 0.616. The van der Waals surface area contributed by atoms with Gasteiger partial charge in [0, 0.05) is 18.0 Å². The number of morpholine rings is 1. The van der Waals surface area contributed by atoms with Crippen LogP contribution < -0.4 is 5.32 Å². The van der Waals surface area contributed by atoms with E-state index in [1.165, 1.54) is 10.4 Å². The summed E-state index contributed by atoms with van der Waals surface area (Å²) in [5, 5.41) is 4.57. The fourth-order valence-electron chi connectivity index (χ4n) is 3.04. The summed E-state index contributed by atoms with van der Waals surface area (Å²) in [6.45, 7) is 9.07. The maximum Gasteiger partial charge on any atom is 0.146 e. The Balaban J connectivity index is 1.64. The van der Waals surface area contributed by atoms with E-state index in [1.807, 2.05) is 12.1 Å². The lowest BCUT2D eigenvalue weighted by molar-refractivity contribution is 0.0331. The molecule has 0 radical (unpaired) electrons. The topological polar surface area (TPSA) is 63.4 Å². The van der Waals surface area contributed by atoms with Gasteiger partial charge in [-0.05, 0) is 31.5 Å². The van der Waals surface area contributed by atoms with Crippen LogP contribution in [0.25, 0.3) is 10.2 Å². The maximum absolute atomic E-state index is 5.43. The molecule has 1 aliphatic rings. The summed E-state index contributed by atoms with van der Waals surface area (Å²) in [5.74, 6) is 2.65. The van der Waals surface area contributed by atoms with Crippen molar-refractivity contribution in [3.63, 3.8) is 0 Å². The normalized spacial score (nSPS) is 15.8. The molecule has 0 bridgehead atoms. The average Bonchev–Trinajstić information content (AvgIpc) is 3.22. The number of fused-ring (bicyclic) bond motifs is 1. The Morgan fingerprint density at radius 3 is 2.84 bits per heavy atom. The molecule has 0 spiro atoms. The van der Waals surface area contributed by atoms with Crippen molar-refractivity contribution in [3.8, 4) is 0 Å². The number of anilines is 1. The average molecular weight is 358 g/mol. The SMILES string of the molecule is Cc1sc2nc(CN3CCOCC3)nc(NCc3ccco3)c2c1C. The molecule has 6 nitrogen and oxygen atoms in total. The van der Waals surface area contributed by atoms with Gasteiger partial charge in [-0.2, -0.15) is 0 Å². The molecule has 3 aromatic rings. The molecule has 1 saturated heterocycles. The monoisotopic (exact) mass is 358 g/mol. The molecular weight excluding hydrogens is 336 g/mol. The minimum Gasteiger partial charge on any atom is -0.467 e. The third-order valence-corrected chi connectivity index (χ3v) is 5.66. The van der Waals surface area contributed by atoms with Gasteiger partial charge in [0.25, 0.3) is 0 Å². The summed E-state index contributed by atoms with van der Waals surface area (Å²) in [5.41, 5.74) is 1.25. The molecule has 1 aliphatic heterocycles. The Bertz CT molecular complexity index is 854. The van der Waals surface area contributed by atoms with Crippen molar-refractivity contribution >= 4 is 27.4 Å². The van der Waals surface area contributed by atoms with E-state index in [1.54, 1.807) is 17.6 Å². The van der Waals surface area contributed by atoms with E-state index in [0.29, 0.717) is 6.54 Å². The number of aromatic nitrogens is 2. The molecule has 4 rings (SSSR count). The highest BCUT2D eigenvalue weighted by Gasteiger charge is 2.17. The van der Waals surface area contributed by atoms with Gasteiger partial charge in [-0.25, -0.2) is 9.97 Å². The smallest absolute Gasteiger partial charge is 0.146 e. The van der Waals surface area contributed by atoms with Crippen molar-refractivity contribution in [2.75, 3.05) is 31.6 Å². The molecule has 25 heavy (non-hydrogen) atoms. The molecule has 7 heteroatoms. The highest BCUT2D eigenvalue weighted by molar-refractivity contribution is 7.18. The highest BCUT2D eigenvalue weighted by atomic mass is 32.1. The lowest BCUT2D eigenvalue weighted by Crippen LogP contribution is -2.36. The van der Waals surface area contributed by atoms with Gasteiger partial charge >= 0.3 is 0 Å². The third kappa shape index (κ3) is 3.53. The molecule has 132 valence electrons. The van der Waals surface area contributed by atoms with Crippen LogP contribution in [-0.2, 0) is 17.8 Å². The Kier molecular flexibility index (Phi) is 4.70. The largest absolute Gasteiger partial charge is 0.467 e. The number of hydrogen-bond acceptors (Lipinski definition) is 7. The molecule has 0 amide bonds. The third-order valence-electron chi connectivity index (χ3n) is 4.55. The first-order chi connectivity index (χ1) is 12.2. The van der Waals surface area contributed by atoms with Crippen molar-refractivity contribution in [2.45, 2.75) is 26.9 Å². The van der Waals surface area contributed by atoms with E-state index < -0.39 is 0 Å². The van der Waals surface area contributed by atoms with Crippen LogP contribution in [0.1, 0.15) is 22.0 Å². The summed E-state index contributed by atoms with van der Waals surface area (Å²) in [7, 11) is 0. The molecule has 0 unspecified atom stereocenters. The second kappa shape index (κ2) is 7.11. The molecule has 0 saturated carbocycles. The molecule has 4 heterocycles. The van der Waals surface area contributed by atoms with Crippen molar-refractivity contribution in [2.24, 2.45) is 0 Å². The summed E-state index contributed by atoms with van der Waals surface area (Å²) < 4.78 is 10.9. The standard InChI is InChI=1S/C18H22N4O2S/c1-12-13(2)25-18-16(12)17(19-10-14-4-3-7-24-14)20-15(21-18)11-22-5-8-23-9-6-22/h3-4,7H,5-6,8-11H2,1-2H3,(H,19,20,21). The Morgan fingerprint density at radius 1 is 1.24 bits per heavy atom. The van der Waals surface area contributed by atoms with Crippen LogP contribution in [0.5, 0.6) is 0 Å². The van der Waals surface area contributed by atoms with Crippen molar-refractivity contribution < 1.29 is 9.15 Å². The summed E-state index contributed by atoms with van der Waals surface area (Å²) in [4.78, 5) is 14.3. The summed E-state index contributed by atoms with van der Waals surface area (Å²) >= 11 is 1.73. The van der Waals surface area contributed by atoms with Crippen molar-refractivity contribution in [3.05, 3.63) is 40.4 Å². The Labute approximate surface area is 150 Å². The van der Waals surface area contributed by atoms with Crippen LogP contribution in [0, 0.1) is 13.8 Å². The van der Waals surface area contributed by atoms with Gasteiger partial charge in [0.2, 0.25) is 0 Å². The lowest BCUT2D eigenvalue weighted by atomic mass is 10.2. The van der Waals surface area contributed by atoms with E-state index in [-0.39, 0.29) is 0 Å². The van der Waals surface area contributed by atoms with E-state index >= 15 is 0 Å². The highest BCUT2D eigenvalue weighted by Crippen LogP contribution is 2.33. The molecule has 1 fully saturated rings. The maximum atomic E-state index is 5.43. The van der Waals surface area contributed by atoms with Gasteiger partial charge in [-0.1, -0.05) is 0 Å². The summed E-state index contributed by atoms with van der Waals surface area (Å²) in [6, 6.07) is 3.86.